The number of methoxy groups -OCH3 is 1. The van der Waals surface area contributed by atoms with E-state index in [0.717, 1.165) is 40.5 Å². The van der Waals surface area contributed by atoms with Gasteiger partial charge in [0, 0.05) is 24.0 Å². The lowest BCUT2D eigenvalue weighted by Gasteiger charge is -2.40. The van der Waals surface area contributed by atoms with E-state index in [9.17, 15) is 0 Å². The molecule has 0 radical (unpaired) electrons. The molecule has 0 spiro atoms. The summed E-state index contributed by atoms with van der Waals surface area (Å²) in [5.74, 6) is 3.40. The average Bonchev–Trinajstić information content (AvgIpc) is 3.20. The molecule has 0 N–H and O–H groups in total. The fourth-order valence-electron chi connectivity index (χ4n) is 4.18. The van der Waals surface area contributed by atoms with Crippen LogP contribution in [-0.4, -0.2) is 13.9 Å². The van der Waals surface area contributed by atoms with Gasteiger partial charge in [-0.3, -0.25) is 0 Å². The number of ether oxygens (including phenoxy) is 4. The lowest BCUT2D eigenvalue weighted by Crippen LogP contribution is -2.35. The van der Waals surface area contributed by atoms with Crippen LogP contribution in [0.1, 0.15) is 36.0 Å². The first kappa shape index (κ1) is 17.0. The van der Waals surface area contributed by atoms with Crippen LogP contribution in [0, 0.1) is 0 Å². The highest BCUT2D eigenvalue weighted by atomic mass is 16.7. The highest BCUT2D eigenvalue weighted by Gasteiger charge is 2.40. The van der Waals surface area contributed by atoms with E-state index in [2.05, 4.69) is 49.4 Å². The second-order valence-electron chi connectivity index (χ2n) is 7.47. The van der Waals surface area contributed by atoms with Gasteiger partial charge in [-0.25, -0.2) is 0 Å². The molecular formula is C24H22O4. The van der Waals surface area contributed by atoms with E-state index in [1.165, 1.54) is 5.56 Å². The summed E-state index contributed by atoms with van der Waals surface area (Å²) in [5, 5.41) is 0. The van der Waals surface area contributed by atoms with Gasteiger partial charge in [-0.15, -0.1) is 0 Å². The minimum atomic E-state index is -0.438. The molecule has 2 aliphatic rings. The summed E-state index contributed by atoms with van der Waals surface area (Å²) in [4.78, 5) is 0. The Morgan fingerprint density at radius 2 is 1.61 bits per heavy atom. The van der Waals surface area contributed by atoms with E-state index in [0.29, 0.717) is 0 Å². The molecule has 3 aromatic rings. The average molecular weight is 374 g/mol. The van der Waals surface area contributed by atoms with Crippen molar-refractivity contribution in [3.05, 3.63) is 83.4 Å². The first-order valence-corrected chi connectivity index (χ1v) is 9.48. The van der Waals surface area contributed by atoms with Crippen molar-refractivity contribution in [3.63, 3.8) is 0 Å². The molecule has 3 aromatic carbocycles. The maximum absolute atomic E-state index is 6.57. The molecule has 4 heteroatoms. The number of hydrogen-bond donors (Lipinski definition) is 0. The fraction of sp³-hybridized carbons (Fsp3) is 0.250. The highest BCUT2D eigenvalue weighted by molar-refractivity contribution is 5.56. The summed E-state index contributed by atoms with van der Waals surface area (Å²) in [6, 6.07) is 22.7. The monoisotopic (exact) mass is 374 g/mol. The van der Waals surface area contributed by atoms with Crippen molar-refractivity contribution in [2.45, 2.75) is 24.9 Å². The Morgan fingerprint density at radius 1 is 0.893 bits per heavy atom. The molecule has 28 heavy (non-hydrogen) atoms. The normalized spacial score (nSPS) is 22.3. The molecule has 5 rings (SSSR count). The minimum Gasteiger partial charge on any atom is -0.497 e. The van der Waals surface area contributed by atoms with E-state index in [1.807, 2.05) is 24.3 Å². The lowest BCUT2D eigenvalue weighted by molar-refractivity contribution is 0.0553. The van der Waals surface area contributed by atoms with Crippen molar-refractivity contribution in [1.29, 1.82) is 0 Å². The van der Waals surface area contributed by atoms with Crippen LogP contribution in [0.2, 0.25) is 0 Å². The molecule has 0 amide bonds. The summed E-state index contributed by atoms with van der Waals surface area (Å²) in [6.07, 6.45) is 0.829. The van der Waals surface area contributed by atoms with Crippen LogP contribution >= 0.6 is 0 Å². The summed E-state index contributed by atoms with van der Waals surface area (Å²) in [7, 11) is 1.69. The van der Waals surface area contributed by atoms with Gasteiger partial charge in [0.05, 0.1) is 7.11 Å². The molecule has 0 fully saturated rings. The van der Waals surface area contributed by atoms with Crippen molar-refractivity contribution in [2.75, 3.05) is 13.9 Å². The molecule has 0 saturated carbocycles. The van der Waals surface area contributed by atoms with E-state index >= 15 is 0 Å². The molecule has 142 valence electrons. The number of fused-ring (bicyclic) bond motifs is 2. The van der Waals surface area contributed by atoms with Crippen LogP contribution in [0.5, 0.6) is 23.0 Å². The van der Waals surface area contributed by atoms with Crippen molar-refractivity contribution in [1.82, 2.24) is 0 Å². The molecule has 2 heterocycles. The molecule has 0 aliphatic carbocycles. The quantitative estimate of drug-likeness (QED) is 0.627. The molecule has 0 aromatic heterocycles. The van der Waals surface area contributed by atoms with Crippen molar-refractivity contribution < 1.29 is 18.9 Å². The second kappa shape index (κ2) is 6.48. The predicted octanol–water partition coefficient (Wildman–Crippen LogP) is 5.25. The van der Waals surface area contributed by atoms with Gasteiger partial charge in [0.15, 0.2) is 11.5 Å². The van der Waals surface area contributed by atoms with E-state index < -0.39 is 5.60 Å². The van der Waals surface area contributed by atoms with Gasteiger partial charge in [0.2, 0.25) is 6.79 Å². The first-order chi connectivity index (χ1) is 13.7. The van der Waals surface area contributed by atoms with Gasteiger partial charge in [-0.2, -0.15) is 0 Å². The van der Waals surface area contributed by atoms with Gasteiger partial charge < -0.3 is 18.9 Å². The molecular weight excluding hydrogens is 352 g/mol. The Labute approximate surface area is 164 Å². The summed E-state index contributed by atoms with van der Waals surface area (Å²) >= 11 is 0. The third-order valence-electron chi connectivity index (χ3n) is 5.71. The number of benzene rings is 3. The Balaban J connectivity index is 1.64. The zero-order valence-electron chi connectivity index (χ0n) is 16.0. The van der Waals surface area contributed by atoms with Gasteiger partial charge in [0.25, 0.3) is 0 Å². The second-order valence-corrected chi connectivity index (χ2v) is 7.47. The van der Waals surface area contributed by atoms with Gasteiger partial charge in [0.1, 0.15) is 17.1 Å². The maximum atomic E-state index is 6.57. The smallest absolute Gasteiger partial charge is 0.231 e. The predicted molar refractivity (Wildman–Crippen MR) is 106 cm³/mol. The van der Waals surface area contributed by atoms with Crippen molar-refractivity contribution in [2.24, 2.45) is 0 Å². The number of hydrogen-bond acceptors (Lipinski definition) is 4. The summed E-state index contributed by atoms with van der Waals surface area (Å²) in [6.45, 7) is 2.41. The van der Waals surface area contributed by atoms with Crippen LogP contribution in [0.3, 0.4) is 0 Å². The summed E-state index contributed by atoms with van der Waals surface area (Å²) < 4.78 is 23.1. The third-order valence-corrected chi connectivity index (χ3v) is 5.71. The van der Waals surface area contributed by atoms with Gasteiger partial charge >= 0.3 is 0 Å². The molecule has 0 bridgehead atoms. The standard InChI is InChI=1S/C24H22O4/c1-24(17-6-4-3-5-7-17)14-20(16-8-10-18(25-2)11-9-16)19-12-22-23(27-15-26-22)13-21(19)28-24/h3-13,20H,14-15H2,1-2H3/t20-,24+/m1/s1. The highest BCUT2D eigenvalue weighted by Crippen LogP contribution is 2.52. The largest absolute Gasteiger partial charge is 0.497 e. The Bertz CT molecular complexity index is 997. The zero-order valence-corrected chi connectivity index (χ0v) is 16.0. The topological polar surface area (TPSA) is 36.9 Å². The Hall–Kier alpha value is -3.14. The first-order valence-electron chi connectivity index (χ1n) is 9.48. The molecule has 0 unspecified atom stereocenters. The van der Waals surface area contributed by atoms with Crippen LogP contribution in [0.15, 0.2) is 66.7 Å². The van der Waals surface area contributed by atoms with Crippen LogP contribution in [0.4, 0.5) is 0 Å². The third kappa shape index (κ3) is 2.76. The van der Waals surface area contributed by atoms with Crippen LogP contribution in [-0.2, 0) is 5.60 Å². The van der Waals surface area contributed by atoms with E-state index in [4.69, 9.17) is 18.9 Å². The van der Waals surface area contributed by atoms with Gasteiger partial charge in [-0.1, -0.05) is 42.5 Å². The van der Waals surface area contributed by atoms with E-state index in [1.54, 1.807) is 7.11 Å². The SMILES string of the molecule is COc1ccc([C@H]2C[C@@](C)(c3ccccc3)Oc3cc4c(cc32)OCO4)cc1. The van der Waals surface area contributed by atoms with E-state index in [-0.39, 0.29) is 12.7 Å². The fourth-order valence-corrected chi connectivity index (χ4v) is 4.18. The molecule has 0 saturated heterocycles. The van der Waals surface area contributed by atoms with Crippen molar-refractivity contribution in [3.8, 4) is 23.0 Å². The van der Waals surface area contributed by atoms with Gasteiger partial charge in [-0.05, 0) is 36.2 Å². The summed E-state index contributed by atoms with van der Waals surface area (Å²) in [5.41, 5.74) is 3.08. The maximum Gasteiger partial charge on any atom is 0.231 e. The Morgan fingerprint density at radius 3 is 2.32 bits per heavy atom. The van der Waals surface area contributed by atoms with Crippen LogP contribution in [0.25, 0.3) is 0 Å². The number of rotatable bonds is 3. The zero-order chi connectivity index (χ0) is 19.1. The van der Waals surface area contributed by atoms with Crippen LogP contribution < -0.4 is 18.9 Å². The van der Waals surface area contributed by atoms with Crippen molar-refractivity contribution >= 4 is 0 Å². The Kier molecular flexibility index (Phi) is 3.93. The molecule has 4 nitrogen and oxygen atoms in total. The lowest BCUT2D eigenvalue weighted by atomic mass is 9.76. The molecule has 2 atom stereocenters. The molecule has 2 aliphatic heterocycles. The minimum absolute atomic E-state index is 0.175.